The zero-order valence-electron chi connectivity index (χ0n) is 9.62. The molecule has 19 heavy (non-hydrogen) atoms. The summed E-state index contributed by atoms with van der Waals surface area (Å²) < 4.78 is 2.51. The molecular formula is C13H8BrN3O2. The molecule has 0 spiro atoms. The van der Waals surface area contributed by atoms with Crippen LogP contribution in [0.5, 0.6) is 0 Å². The summed E-state index contributed by atoms with van der Waals surface area (Å²) in [5.74, 6) is -1.06. The van der Waals surface area contributed by atoms with Gasteiger partial charge in [-0.2, -0.15) is 5.10 Å². The number of rotatable bonds is 2. The number of fused-ring (bicyclic) bond motifs is 1. The molecule has 0 aliphatic carbocycles. The van der Waals surface area contributed by atoms with Crippen molar-refractivity contribution in [2.75, 3.05) is 0 Å². The molecule has 0 saturated carbocycles. The molecule has 6 heteroatoms. The number of carboxylic acid groups (broad SMARTS) is 1. The predicted octanol–water partition coefficient (Wildman–Crippen LogP) is 2.86. The molecule has 1 N–H and O–H groups in total. The van der Waals surface area contributed by atoms with Gasteiger partial charge in [0.15, 0.2) is 11.3 Å². The molecule has 3 rings (SSSR count). The zero-order chi connectivity index (χ0) is 13.4. The minimum atomic E-state index is -1.06. The highest BCUT2D eigenvalue weighted by Crippen LogP contribution is 2.22. The highest BCUT2D eigenvalue weighted by molar-refractivity contribution is 9.10. The van der Waals surface area contributed by atoms with E-state index in [1.54, 1.807) is 12.3 Å². The van der Waals surface area contributed by atoms with Crippen LogP contribution < -0.4 is 0 Å². The molecule has 0 bridgehead atoms. The van der Waals surface area contributed by atoms with Crippen LogP contribution in [0.25, 0.3) is 16.9 Å². The lowest BCUT2D eigenvalue weighted by Gasteiger charge is -2.04. The number of benzene rings is 1. The van der Waals surface area contributed by atoms with E-state index >= 15 is 0 Å². The van der Waals surface area contributed by atoms with Crippen molar-refractivity contribution in [1.82, 2.24) is 14.6 Å². The van der Waals surface area contributed by atoms with Crippen molar-refractivity contribution in [3.63, 3.8) is 0 Å². The van der Waals surface area contributed by atoms with Gasteiger partial charge in [0.25, 0.3) is 0 Å². The number of aromatic nitrogens is 3. The van der Waals surface area contributed by atoms with Gasteiger partial charge in [-0.05, 0) is 18.2 Å². The van der Waals surface area contributed by atoms with Gasteiger partial charge >= 0.3 is 5.97 Å². The normalized spacial score (nSPS) is 10.8. The molecule has 0 amide bonds. The van der Waals surface area contributed by atoms with Gasteiger partial charge in [-0.15, -0.1) is 0 Å². The maximum atomic E-state index is 11.0. The molecule has 0 aliphatic heterocycles. The average molecular weight is 318 g/mol. The van der Waals surface area contributed by atoms with Crippen molar-refractivity contribution in [2.45, 2.75) is 0 Å². The van der Waals surface area contributed by atoms with Crippen molar-refractivity contribution in [3.8, 4) is 11.3 Å². The summed E-state index contributed by atoms with van der Waals surface area (Å²) in [6.07, 6.45) is 1.64. The Hall–Kier alpha value is -2.21. The Morgan fingerprint density at radius 1 is 1.21 bits per heavy atom. The van der Waals surface area contributed by atoms with E-state index in [9.17, 15) is 4.79 Å². The molecule has 3 aromatic rings. The molecule has 94 valence electrons. The monoisotopic (exact) mass is 317 g/mol. The summed E-state index contributed by atoms with van der Waals surface area (Å²) in [7, 11) is 0. The third-order valence-electron chi connectivity index (χ3n) is 2.72. The van der Waals surface area contributed by atoms with Crippen LogP contribution in [0, 0.1) is 0 Å². The first kappa shape index (κ1) is 11.9. The largest absolute Gasteiger partial charge is 0.476 e. The van der Waals surface area contributed by atoms with Crippen molar-refractivity contribution in [3.05, 3.63) is 52.8 Å². The van der Waals surface area contributed by atoms with E-state index in [0.29, 0.717) is 5.65 Å². The standard InChI is InChI=1S/C13H8BrN3O2/c14-9-3-1-8(2-4-9)11-5-6-15-12-7-10(13(18)19)16-17(11)12/h1-7H,(H,18,19). The summed E-state index contributed by atoms with van der Waals surface area (Å²) in [6.45, 7) is 0. The zero-order valence-corrected chi connectivity index (χ0v) is 11.2. The second-order valence-corrected chi connectivity index (χ2v) is 4.86. The van der Waals surface area contributed by atoms with Crippen LogP contribution in [-0.2, 0) is 0 Å². The lowest BCUT2D eigenvalue weighted by Crippen LogP contribution is -1.99. The minimum Gasteiger partial charge on any atom is -0.476 e. The number of carboxylic acids is 1. The Kier molecular flexibility index (Phi) is 2.79. The Morgan fingerprint density at radius 2 is 1.95 bits per heavy atom. The SMILES string of the molecule is O=C(O)c1cc2nccc(-c3ccc(Br)cc3)n2n1. The van der Waals surface area contributed by atoms with Gasteiger partial charge in [0.2, 0.25) is 0 Å². The first-order chi connectivity index (χ1) is 9.15. The third-order valence-corrected chi connectivity index (χ3v) is 3.25. The average Bonchev–Trinajstić information content (AvgIpc) is 2.83. The molecule has 0 radical (unpaired) electrons. The smallest absolute Gasteiger partial charge is 0.356 e. The van der Waals surface area contributed by atoms with E-state index in [1.165, 1.54) is 10.6 Å². The number of hydrogen-bond donors (Lipinski definition) is 1. The van der Waals surface area contributed by atoms with Crippen LogP contribution in [0.3, 0.4) is 0 Å². The summed E-state index contributed by atoms with van der Waals surface area (Å²) in [5.41, 5.74) is 2.23. The van der Waals surface area contributed by atoms with Crippen molar-refractivity contribution in [2.24, 2.45) is 0 Å². The third kappa shape index (κ3) is 2.10. The molecule has 0 aliphatic rings. The van der Waals surface area contributed by atoms with Crippen LogP contribution in [0.2, 0.25) is 0 Å². The van der Waals surface area contributed by atoms with Crippen molar-refractivity contribution >= 4 is 27.5 Å². The van der Waals surface area contributed by atoms with Crippen LogP contribution in [0.1, 0.15) is 10.5 Å². The number of carbonyl (C=O) groups is 1. The van der Waals surface area contributed by atoms with E-state index in [4.69, 9.17) is 5.11 Å². The molecule has 5 nitrogen and oxygen atoms in total. The summed E-state index contributed by atoms with van der Waals surface area (Å²) in [6, 6.07) is 11.0. The van der Waals surface area contributed by atoms with E-state index in [1.807, 2.05) is 24.3 Å². The van der Waals surface area contributed by atoms with Gasteiger partial charge < -0.3 is 5.11 Å². The van der Waals surface area contributed by atoms with Crippen LogP contribution in [-0.4, -0.2) is 25.7 Å². The minimum absolute atomic E-state index is 0.0166. The van der Waals surface area contributed by atoms with Crippen LogP contribution >= 0.6 is 15.9 Å². The fourth-order valence-corrected chi connectivity index (χ4v) is 2.10. The number of nitrogens with zero attached hydrogens (tertiary/aromatic N) is 3. The molecule has 0 unspecified atom stereocenters. The Bertz CT molecular complexity index is 765. The van der Waals surface area contributed by atoms with E-state index in [-0.39, 0.29) is 5.69 Å². The van der Waals surface area contributed by atoms with Crippen LogP contribution in [0.15, 0.2) is 47.1 Å². The quantitative estimate of drug-likeness (QED) is 0.789. The Balaban J connectivity index is 2.23. The lowest BCUT2D eigenvalue weighted by atomic mass is 10.1. The second kappa shape index (κ2) is 4.47. The maximum absolute atomic E-state index is 11.0. The Labute approximate surface area is 116 Å². The first-order valence-electron chi connectivity index (χ1n) is 5.49. The highest BCUT2D eigenvalue weighted by Gasteiger charge is 2.12. The maximum Gasteiger partial charge on any atom is 0.356 e. The molecular weight excluding hydrogens is 310 g/mol. The number of halogens is 1. The summed E-state index contributed by atoms with van der Waals surface area (Å²) >= 11 is 3.38. The molecule has 2 aromatic heterocycles. The number of hydrogen-bond acceptors (Lipinski definition) is 3. The fraction of sp³-hybridized carbons (Fsp3) is 0. The molecule has 0 fully saturated rings. The fourth-order valence-electron chi connectivity index (χ4n) is 1.84. The van der Waals surface area contributed by atoms with Crippen molar-refractivity contribution < 1.29 is 9.90 Å². The predicted molar refractivity (Wildman–Crippen MR) is 73.1 cm³/mol. The molecule has 0 saturated heterocycles. The first-order valence-corrected chi connectivity index (χ1v) is 6.28. The van der Waals surface area contributed by atoms with E-state index in [2.05, 4.69) is 26.0 Å². The summed E-state index contributed by atoms with van der Waals surface area (Å²) in [5, 5.41) is 13.0. The topological polar surface area (TPSA) is 67.5 Å². The van der Waals surface area contributed by atoms with E-state index < -0.39 is 5.97 Å². The highest BCUT2D eigenvalue weighted by atomic mass is 79.9. The van der Waals surface area contributed by atoms with Gasteiger partial charge in [-0.25, -0.2) is 14.3 Å². The molecule has 1 aromatic carbocycles. The molecule has 2 heterocycles. The second-order valence-electron chi connectivity index (χ2n) is 3.94. The number of aromatic carboxylic acids is 1. The summed E-state index contributed by atoms with van der Waals surface area (Å²) in [4.78, 5) is 15.1. The van der Waals surface area contributed by atoms with Gasteiger partial charge in [0.05, 0.1) is 5.69 Å². The van der Waals surface area contributed by atoms with Gasteiger partial charge in [-0.1, -0.05) is 28.1 Å². The lowest BCUT2D eigenvalue weighted by molar-refractivity contribution is 0.0690. The molecule has 0 atom stereocenters. The van der Waals surface area contributed by atoms with Crippen LogP contribution in [0.4, 0.5) is 0 Å². The van der Waals surface area contributed by atoms with Gasteiger partial charge in [-0.3, -0.25) is 0 Å². The van der Waals surface area contributed by atoms with Gasteiger partial charge in [0.1, 0.15) is 0 Å². The van der Waals surface area contributed by atoms with Crippen molar-refractivity contribution in [1.29, 1.82) is 0 Å². The van der Waals surface area contributed by atoms with E-state index in [0.717, 1.165) is 15.7 Å². The Morgan fingerprint density at radius 3 is 2.63 bits per heavy atom. The van der Waals surface area contributed by atoms with Gasteiger partial charge in [0, 0.05) is 22.3 Å².